The van der Waals surface area contributed by atoms with Gasteiger partial charge in [-0.05, 0) is 30.5 Å². The monoisotopic (exact) mass is 235 g/mol. The smallest absolute Gasteiger partial charge is 0.132 e. The first kappa shape index (κ1) is 10.1. The molecule has 1 heterocycles. The highest BCUT2D eigenvalue weighted by Crippen LogP contribution is 2.43. The molecule has 1 saturated carbocycles. The van der Waals surface area contributed by atoms with E-state index in [0.29, 0.717) is 5.15 Å². The number of aromatic nitrogens is 2. The molecule has 84 valence electrons. The fourth-order valence-corrected chi connectivity index (χ4v) is 2.73. The van der Waals surface area contributed by atoms with Crippen molar-refractivity contribution in [3.63, 3.8) is 0 Å². The molecule has 4 heteroatoms. The van der Waals surface area contributed by atoms with E-state index in [2.05, 4.69) is 22.3 Å². The third-order valence-corrected chi connectivity index (χ3v) is 4.11. The fourth-order valence-electron chi connectivity index (χ4n) is 2.52. The Balaban J connectivity index is 2.11. The first-order valence-corrected chi connectivity index (χ1v) is 5.97. The molecular weight excluding hydrogens is 222 g/mol. The number of nitrogens with one attached hydrogen (secondary N) is 1. The van der Waals surface area contributed by atoms with Gasteiger partial charge in [0, 0.05) is 17.3 Å². The third kappa shape index (κ3) is 1.28. The van der Waals surface area contributed by atoms with Crippen LogP contribution in [0, 0.1) is 0 Å². The van der Waals surface area contributed by atoms with E-state index in [1.807, 2.05) is 6.07 Å². The molecule has 1 aromatic carbocycles. The van der Waals surface area contributed by atoms with Crippen molar-refractivity contribution in [3.8, 4) is 0 Å². The highest BCUT2D eigenvalue weighted by atomic mass is 35.5. The van der Waals surface area contributed by atoms with Gasteiger partial charge in [-0.1, -0.05) is 24.1 Å². The van der Waals surface area contributed by atoms with Gasteiger partial charge in [0.15, 0.2) is 0 Å². The van der Waals surface area contributed by atoms with Crippen molar-refractivity contribution in [1.29, 1.82) is 0 Å². The Hall–Kier alpha value is -1.06. The summed E-state index contributed by atoms with van der Waals surface area (Å²) in [7, 11) is 0. The number of benzene rings is 1. The fraction of sp³-hybridized carbons (Fsp3) is 0.417. The van der Waals surface area contributed by atoms with Crippen LogP contribution in [0.1, 0.15) is 24.8 Å². The molecule has 0 saturated heterocycles. The van der Waals surface area contributed by atoms with E-state index < -0.39 is 0 Å². The molecule has 0 unspecified atom stereocenters. The molecule has 3 N–H and O–H groups in total. The van der Waals surface area contributed by atoms with Crippen molar-refractivity contribution < 1.29 is 0 Å². The van der Waals surface area contributed by atoms with Gasteiger partial charge in [-0.2, -0.15) is 5.10 Å². The molecule has 3 nitrogen and oxygen atoms in total. The summed E-state index contributed by atoms with van der Waals surface area (Å²) in [4.78, 5) is 0. The van der Waals surface area contributed by atoms with E-state index in [1.54, 1.807) is 0 Å². The number of aromatic amines is 1. The zero-order chi connectivity index (χ0) is 11.2. The van der Waals surface area contributed by atoms with Crippen LogP contribution in [-0.2, 0) is 5.41 Å². The quantitative estimate of drug-likeness (QED) is 0.841. The highest BCUT2D eigenvalue weighted by molar-refractivity contribution is 6.34. The van der Waals surface area contributed by atoms with Crippen LogP contribution in [0.3, 0.4) is 0 Å². The molecule has 0 spiro atoms. The van der Waals surface area contributed by atoms with Gasteiger partial charge in [0.05, 0.1) is 5.52 Å². The number of fused-ring (bicyclic) bond motifs is 1. The summed E-state index contributed by atoms with van der Waals surface area (Å²) in [6.07, 6.45) is 3.65. The minimum Gasteiger partial charge on any atom is -0.330 e. The Morgan fingerprint density at radius 3 is 2.88 bits per heavy atom. The number of halogens is 1. The van der Waals surface area contributed by atoms with Crippen molar-refractivity contribution >= 4 is 22.5 Å². The van der Waals surface area contributed by atoms with Crippen LogP contribution in [0.2, 0.25) is 5.15 Å². The number of nitrogens with two attached hydrogens (primary N) is 1. The van der Waals surface area contributed by atoms with Crippen molar-refractivity contribution in [2.45, 2.75) is 24.7 Å². The summed E-state index contributed by atoms with van der Waals surface area (Å²) >= 11 is 5.98. The lowest BCUT2D eigenvalue weighted by Gasteiger charge is -2.41. The molecular formula is C12H14ClN3. The summed E-state index contributed by atoms with van der Waals surface area (Å²) in [6, 6.07) is 6.28. The van der Waals surface area contributed by atoms with Crippen molar-refractivity contribution in [2.24, 2.45) is 5.73 Å². The van der Waals surface area contributed by atoms with Gasteiger partial charge >= 0.3 is 0 Å². The maximum atomic E-state index is 5.98. The molecule has 0 atom stereocenters. The number of H-pyrrole nitrogens is 1. The van der Waals surface area contributed by atoms with Gasteiger partial charge in [0.1, 0.15) is 5.15 Å². The zero-order valence-electron chi connectivity index (χ0n) is 8.96. The molecule has 3 rings (SSSR count). The number of hydrogen-bond acceptors (Lipinski definition) is 2. The maximum Gasteiger partial charge on any atom is 0.132 e. The molecule has 0 amide bonds. The van der Waals surface area contributed by atoms with Crippen LogP contribution < -0.4 is 5.73 Å². The second-order valence-electron chi connectivity index (χ2n) is 4.61. The number of nitrogens with zero attached hydrogens (tertiary/aromatic N) is 1. The van der Waals surface area contributed by atoms with Gasteiger partial charge in [-0.25, -0.2) is 0 Å². The Morgan fingerprint density at radius 1 is 1.44 bits per heavy atom. The summed E-state index contributed by atoms with van der Waals surface area (Å²) in [5, 5.41) is 8.57. The molecule has 0 aliphatic heterocycles. The summed E-state index contributed by atoms with van der Waals surface area (Å²) in [5.74, 6) is 0. The summed E-state index contributed by atoms with van der Waals surface area (Å²) in [6.45, 7) is 0.719. The molecule has 0 radical (unpaired) electrons. The van der Waals surface area contributed by atoms with E-state index in [1.165, 1.54) is 24.8 Å². The Kier molecular flexibility index (Phi) is 2.19. The maximum absolute atomic E-state index is 5.98. The zero-order valence-corrected chi connectivity index (χ0v) is 9.72. The second kappa shape index (κ2) is 3.47. The SMILES string of the molecule is NCC1(c2ccc3c(Cl)[nH]nc3c2)CCC1. The van der Waals surface area contributed by atoms with E-state index in [-0.39, 0.29) is 5.41 Å². The predicted octanol–water partition coefficient (Wildman–Crippen LogP) is 2.60. The first-order chi connectivity index (χ1) is 7.75. The van der Waals surface area contributed by atoms with Gasteiger partial charge in [-0.3, -0.25) is 5.10 Å². The lowest BCUT2D eigenvalue weighted by Crippen LogP contribution is -2.41. The third-order valence-electron chi connectivity index (χ3n) is 3.82. The molecule has 0 bridgehead atoms. The minimum absolute atomic E-state index is 0.194. The van der Waals surface area contributed by atoms with Crippen LogP contribution in [0.25, 0.3) is 10.9 Å². The van der Waals surface area contributed by atoms with Crippen molar-refractivity contribution in [3.05, 3.63) is 28.9 Å². The molecule has 1 aliphatic carbocycles. The van der Waals surface area contributed by atoms with E-state index in [9.17, 15) is 0 Å². The average Bonchev–Trinajstić information content (AvgIpc) is 2.60. The van der Waals surface area contributed by atoms with Gasteiger partial charge < -0.3 is 5.73 Å². The van der Waals surface area contributed by atoms with Crippen LogP contribution in [-0.4, -0.2) is 16.7 Å². The van der Waals surface area contributed by atoms with E-state index in [0.717, 1.165) is 17.4 Å². The number of rotatable bonds is 2. The van der Waals surface area contributed by atoms with Crippen LogP contribution in [0.15, 0.2) is 18.2 Å². The van der Waals surface area contributed by atoms with Crippen molar-refractivity contribution in [2.75, 3.05) is 6.54 Å². The van der Waals surface area contributed by atoms with Gasteiger partial charge in [0.25, 0.3) is 0 Å². The average molecular weight is 236 g/mol. The lowest BCUT2D eigenvalue weighted by atomic mass is 9.64. The number of hydrogen-bond donors (Lipinski definition) is 2. The molecule has 16 heavy (non-hydrogen) atoms. The molecule has 1 aromatic heterocycles. The molecule has 1 fully saturated rings. The first-order valence-electron chi connectivity index (χ1n) is 5.59. The lowest BCUT2D eigenvalue weighted by molar-refractivity contribution is 0.253. The summed E-state index contributed by atoms with van der Waals surface area (Å²) in [5.41, 5.74) is 8.33. The van der Waals surface area contributed by atoms with Gasteiger partial charge in [0.2, 0.25) is 0 Å². The van der Waals surface area contributed by atoms with Gasteiger partial charge in [-0.15, -0.1) is 0 Å². The molecule has 1 aliphatic rings. The van der Waals surface area contributed by atoms with Crippen LogP contribution in [0.4, 0.5) is 0 Å². The van der Waals surface area contributed by atoms with Crippen LogP contribution in [0.5, 0.6) is 0 Å². The van der Waals surface area contributed by atoms with Crippen molar-refractivity contribution in [1.82, 2.24) is 10.2 Å². The minimum atomic E-state index is 0.194. The largest absolute Gasteiger partial charge is 0.330 e. The topological polar surface area (TPSA) is 54.7 Å². The Labute approximate surface area is 99.0 Å². The molecule has 2 aromatic rings. The van der Waals surface area contributed by atoms with E-state index in [4.69, 9.17) is 17.3 Å². The standard InChI is InChI=1S/C12H14ClN3/c13-11-9-3-2-8(6-10(9)15-16-11)12(7-14)4-1-5-12/h2-3,6H,1,4-5,7,14H2,(H,15,16). The van der Waals surface area contributed by atoms with Crippen LogP contribution >= 0.6 is 11.6 Å². The normalized spacial score (nSPS) is 18.6. The Bertz CT molecular complexity index is 523. The highest BCUT2D eigenvalue weighted by Gasteiger charge is 2.37. The predicted molar refractivity (Wildman–Crippen MR) is 65.7 cm³/mol. The summed E-state index contributed by atoms with van der Waals surface area (Å²) < 4.78 is 0. The Morgan fingerprint density at radius 2 is 2.25 bits per heavy atom. The van der Waals surface area contributed by atoms with E-state index >= 15 is 0 Å². The second-order valence-corrected chi connectivity index (χ2v) is 4.99.